The Kier molecular flexibility index (Phi) is 18.1. The first-order valence-corrected chi connectivity index (χ1v) is 12.5. The van der Waals surface area contributed by atoms with Crippen molar-refractivity contribution in [2.24, 2.45) is 0 Å². The summed E-state index contributed by atoms with van der Waals surface area (Å²) in [6.45, 7) is 13.7. The molecule has 0 radical (unpaired) electrons. The molecule has 0 saturated carbocycles. The molecule has 0 spiro atoms. The number of rotatable bonds is 18. The third-order valence-electron chi connectivity index (χ3n) is 3.90. The van der Waals surface area contributed by atoms with Gasteiger partial charge < -0.3 is 45.0 Å². The molecule has 0 aliphatic heterocycles. The van der Waals surface area contributed by atoms with Gasteiger partial charge in [-0.25, -0.2) is 9.59 Å². The Morgan fingerprint density at radius 3 is 1.16 bits per heavy atom. The molecular weight excluding hydrogens is 488 g/mol. The van der Waals surface area contributed by atoms with E-state index in [0.29, 0.717) is 65.6 Å². The molecule has 0 bridgehead atoms. The van der Waals surface area contributed by atoms with Gasteiger partial charge in [-0.05, 0) is 54.4 Å². The number of carbonyl (C=O) groups excluding carboxylic acids is 4. The minimum absolute atomic E-state index is 0.145. The summed E-state index contributed by atoms with van der Waals surface area (Å²) in [6.07, 6.45) is 0.00176. The van der Waals surface area contributed by atoms with Gasteiger partial charge in [0.05, 0.1) is 39.5 Å². The Bertz CT molecular complexity index is 620. The number of hydrogen-bond acceptors (Lipinski definition) is 9. The van der Waals surface area contributed by atoms with Crippen LogP contribution in [0, 0.1) is 0 Å². The van der Waals surface area contributed by atoms with Crippen molar-refractivity contribution < 1.29 is 42.9 Å². The van der Waals surface area contributed by atoms with Crippen LogP contribution < -0.4 is 21.3 Å². The minimum Gasteiger partial charge on any atom is -0.444 e. The van der Waals surface area contributed by atoms with Crippen molar-refractivity contribution in [3.8, 4) is 0 Å². The molecule has 0 unspecified atom stereocenters. The van der Waals surface area contributed by atoms with E-state index in [2.05, 4.69) is 21.3 Å². The molecule has 0 rings (SSSR count). The highest BCUT2D eigenvalue weighted by Gasteiger charge is 2.17. The summed E-state index contributed by atoms with van der Waals surface area (Å²) in [5.41, 5.74) is -1.22. The van der Waals surface area contributed by atoms with E-state index in [9.17, 15) is 19.2 Å². The second-order valence-corrected chi connectivity index (χ2v) is 9.96. The van der Waals surface area contributed by atoms with E-state index in [1.165, 1.54) is 0 Å². The zero-order valence-corrected chi connectivity index (χ0v) is 23.2. The lowest BCUT2D eigenvalue weighted by atomic mass is 10.2. The first-order valence-electron chi connectivity index (χ1n) is 12.5. The van der Waals surface area contributed by atoms with E-state index < -0.39 is 23.4 Å². The van der Waals surface area contributed by atoms with Crippen LogP contribution >= 0.6 is 0 Å². The van der Waals surface area contributed by atoms with Gasteiger partial charge in [-0.1, -0.05) is 0 Å². The van der Waals surface area contributed by atoms with Crippen LogP contribution in [0.3, 0.4) is 0 Å². The minimum atomic E-state index is -0.633. The van der Waals surface area contributed by atoms with Crippen molar-refractivity contribution in [3.63, 3.8) is 0 Å². The molecule has 4 amide bonds. The lowest BCUT2D eigenvalue weighted by Crippen LogP contribution is -2.40. The third-order valence-corrected chi connectivity index (χ3v) is 3.90. The van der Waals surface area contributed by atoms with Gasteiger partial charge >= 0.3 is 12.2 Å². The maximum atomic E-state index is 11.7. The second-order valence-electron chi connectivity index (χ2n) is 9.96. The average Bonchev–Trinajstić information content (AvgIpc) is 2.76. The summed E-state index contributed by atoms with van der Waals surface area (Å²) >= 11 is 0. The Morgan fingerprint density at radius 1 is 0.514 bits per heavy atom. The van der Waals surface area contributed by atoms with Gasteiger partial charge in [0.25, 0.3) is 0 Å². The lowest BCUT2D eigenvalue weighted by molar-refractivity contribution is -0.121. The van der Waals surface area contributed by atoms with E-state index in [0.717, 1.165) is 0 Å². The third kappa shape index (κ3) is 26.2. The van der Waals surface area contributed by atoms with Gasteiger partial charge in [0.15, 0.2) is 0 Å². The van der Waals surface area contributed by atoms with Crippen LogP contribution in [0.1, 0.15) is 54.4 Å². The van der Waals surface area contributed by atoms with Gasteiger partial charge in [0.1, 0.15) is 11.2 Å². The Morgan fingerprint density at radius 2 is 0.838 bits per heavy atom. The number of hydrogen-bond donors (Lipinski definition) is 4. The molecule has 0 aliphatic carbocycles. The zero-order chi connectivity index (χ0) is 28.2. The summed E-state index contributed by atoms with van der Waals surface area (Å²) in [5.74, 6) is -0.599. The van der Waals surface area contributed by atoms with Crippen molar-refractivity contribution in [1.29, 1.82) is 0 Å². The summed E-state index contributed by atoms with van der Waals surface area (Å²) in [5, 5.41) is 10.2. The van der Waals surface area contributed by atoms with Crippen LogP contribution in [0.5, 0.6) is 0 Å². The van der Waals surface area contributed by atoms with Crippen molar-refractivity contribution in [3.05, 3.63) is 0 Å². The van der Waals surface area contributed by atoms with Gasteiger partial charge in [0, 0.05) is 26.3 Å². The standard InChI is InChI=1S/C24H46N4O9/c1-23(2,3)36-21(31)27-17-19(29)25-9-7-11-33-13-15-35-16-14-34-12-8-10-26-20(30)18-28-22(32)37-24(4,5)6/h7-18H2,1-6H3,(H,25,29)(H,26,30)(H,27,31)(H,28,32). The van der Waals surface area contributed by atoms with E-state index in [1.807, 2.05) is 0 Å². The van der Waals surface area contributed by atoms with Crippen molar-refractivity contribution in [1.82, 2.24) is 21.3 Å². The topological polar surface area (TPSA) is 163 Å². The molecule has 0 atom stereocenters. The fraction of sp³-hybridized carbons (Fsp3) is 0.833. The van der Waals surface area contributed by atoms with Gasteiger partial charge in [-0.2, -0.15) is 0 Å². The molecule has 13 nitrogen and oxygen atoms in total. The van der Waals surface area contributed by atoms with Crippen molar-refractivity contribution in [2.45, 2.75) is 65.6 Å². The van der Waals surface area contributed by atoms with Crippen molar-refractivity contribution in [2.75, 3.05) is 65.8 Å². The van der Waals surface area contributed by atoms with Gasteiger partial charge in [-0.3, -0.25) is 9.59 Å². The molecule has 4 N–H and O–H groups in total. The molecular formula is C24H46N4O9. The first-order chi connectivity index (χ1) is 17.3. The average molecular weight is 535 g/mol. The molecule has 0 aromatic heterocycles. The van der Waals surface area contributed by atoms with Gasteiger partial charge in [-0.15, -0.1) is 0 Å². The zero-order valence-electron chi connectivity index (χ0n) is 23.2. The number of carbonyl (C=O) groups is 4. The molecule has 37 heavy (non-hydrogen) atoms. The second kappa shape index (κ2) is 19.5. The highest BCUT2D eigenvalue weighted by Crippen LogP contribution is 2.06. The molecule has 13 heteroatoms. The van der Waals surface area contributed by atoms with Crippen LogP contribution in [-0.2, 0) is 33.3 Å². The molecule has 0 aliphatic rings. The fourth-order valence-electron chi connectivity index (χ4n) is 2.40. The molecule has 0 aromatic carbocycles. The van der Waals surface area contributed by atoms with Crippen LogP contribution in [0.4, 0.5) is 9.59 Å². The van der Waals surface area contributed by atoms with Crippen LogP contribution in [-0.4, -0.2) is 101 Å². The van der Waals surface area contributed by atoms with Crippen LogP contribution in [0.2, 0.25) is 0 Å². The maximum absolute atomic E-state index is 11.7. The number of alkyl carbamates (subject to hydrolysis) is 2. The van der Waals surface area contributed by atoms with E-state index in [4.69, 9.17) is 23.7 Å². The van der Waals surface area contributed by atoms with E-state index >= 15 is 0 Å². The van der Waals surface area contributed by atoms with E-state index in [-0.39, 0.29) is 24.9 Å². The molecule has 0 aromatic rings. The highest BCUT2D eigenvalue weighted by atomic mass is 16.6. The SMILES string of the molecule is CC(C)(C)OC(=O)NCC(=O)NCCCOCCOCCOCCCNC(=O)CNC(=O)OC(C)(C)C. The quantitative estimate of drug-likeness (QED) is 0.189. The van der Waals surface area contributed by atoms with Gasteiger partial charge in [0.2, 0.25) is 11.8 Å². The van der Waals surface area contributed by atoms with E-state index in [1.54, 1.807) is 41.5 Å². The smallest absolute Gasteiger partial charge is 0.408 e. The first kappa shape index (κ1) is 34.4. The molecule has 0 heterocycles. The fourth-order valence-corrected chi connectivity index (χ4v) is 2.40. The number of amides is 4. The number of ether oxygens (including phenoxy) is 5. The Labute approximate surface area is 220 Å². The summed E-state index contributed by atoms with van der Waals surface area (Å²) in [7, 11) is 0. The molecule has 216 valence electrons. The van der Waals surface area contributed by atoms with Crippen LogP contribution in [0.15, 0.2) is 0 Å². The number of nitrogens with one attached hydrogen (secondary N) is 4. The Hall–Kier alpha value is -2.64. The molecule has 0 fully saturated rings. The summed E-state index contributed by atoms with van der Waals surface area (Å²) in [4.78, 5) is 46.3. The largest absolute Gasteiger partial charge is 0.444 e. The predicted molar refractivity (Wildman–Crippen MR) is 136 cm³/mol. The summed E-state index contributed by atoms with van der Waals surface area (Å²) in [6, 6.07) is 0. The van der Waals surface area contributed by atoms with Crippen LogP contribution in [0.25, 0.3) is 0 Å². The summed E-state index contributed by atoms with van der Waals surface area (Å²) < 4.78 is 26.4. The maximum Gasteiger partial charge on any atom is 0.408 e. The highest BCUT2D eigenvalue weighted by molar-refractivity contribution is 5.82. The normalized spacial score (nSPS) is 11.4. The molecule has 0 saturated heterocycles. The van der Waals surface area contributed by atoms with Crippen molar-refractivity contribution >= 4 is 24.0 Å². The predicted octanol–water partition coefficient (Wildman–Crippen LogP) is 1.10. The lowest BCUT2D eigenvalue weighted by Gasteiger charge is -2.19. The Balaban J connectivity index is 3.40. The monoisotopic (exact) mass is 534 g/mol.